The number of ether oxygens (including phenoxy) is 1. The molecule has 7 heteroatoms. The maximum Gasteiger partial charge on any atom is 0.287 e. The number of carbonyl (C=O) groups is 1. The van der Waals surface area contributed by atoms with Gasteiger partial charge in [-0.2, -0.15) is 0 Å². The van der Waals surface area contributed by atoms with Crippen LogP contribution in [0.25, 0.3) is 17.1 Å². The number of aromatic hydroxyl groups is 1. The standard InChI is InChI=1S/C19H20N4O3/c1-11(2)12-4-9-15(16(24)10-12)18-21-22-19(17(20)25)23(18)13-5-7-14(26-3)8-6-13/h4-11,24H,1-3H3,(H2,20,25). The lowest BCUT2D eigenvalue weighted by molar-refractivity contribution is 0.0988. The van der Waals surface area contributed by atoms with E-state index in [-0.39, 0.29) is 17.5 Å². The smallest absolute Gasteiger partial charge is 0.287 e. The summed E-state index contributed by atoms with van der Waals surface area (Å²) in [6, 6.07) is 12.4. The number of nitrogens with two attached hydrogens (primary N) is 1. The second kappa shape index (κ2) is 6.87. The first kappa shape index (κ1) is 17.5. The number of hydrogen-bond acceptors (Lipinski definition) is 5. The van der Waals surface area contributed by atoms with Crippen molar-refractivity contribution in [3.05, 3.63) is 53.9 Å². The van der Waals surface area contributed by atoms with Crippen LogP contribution in [0.5, 0.6) is 11.5 Å². The largest absolute Gasteiger partial charge is 0.507 e. The van der Waals surface area contributed by atoms with E-state index in [1.165, 1.54) is 4.57 Å². The molecule has 0 saturated heterocycles. The fraction of sp³-hybridized carbons (Fsp3) is 0.211. The summed E-state index contributed by atoms with van der Waals surface area (Å²) in [5, 5.41) is 18.5. The van der Waals surface area contributed by atoms with Gasteiger partial charge < -0.3 is 15.6 Å². The van der Waals surface area contributed by atoms with Crippen molar-refractivity contribution in [2.45, 2.75) is 19.8 Å². The van der Waals surface area contributed by atoms with Crippen LogP contribution in [0.1, 0.15) is 35.9 Å². The number of hydrogen-bond donors (Lipinski definition) is 2. The third-order valence-electron chi connectivity index (χ3n) is 4.14. The predicted octanol–water partition coefficient (Wildman–Crippen LogP) is 2.87. The van der Waals surface area contributed by atoms with E-state index >= 15 is 0 Å². The first-order valence-electron chi connectivity index (χ1n) is 8.15. The highest BCUT2D eigenvalue weighted by Crippen LogP contribution is 2.33. The zero-order chi connectivity index (χ0) is 18.8. The lowest BCUT2D eigenvalue weighted by atomic mass is 10.0. The number of rotatable bonds is 5. The van der Waals surface area contributed by atoms with Crippen molar-refractivity contribution in [1.82, 2.24) is 14.8 Å². The van der Waals surface area contributed by atoms with Crippen molar-refractivity contribution in [2.24, 2.45) is 5.73 Å². The van der Waals surface area contributed by atoms with Crippen molar-refractivity contribution in [1.29, 1.82) is 0 Å². The Labute approximate surface area is 151 Å². The molecule has 7 nitrogen and oxygen atoms in total. The molecule has 3 rings (SSSR count). The van der Waals surface area contributed by atoms with E-state index in [1.54, 1.807) is 43.5 Å². The topological polar surface area (TPSA) is 103 Å². The summed E-state index contributed by atoms with van der Waals surface area (Å²) in [6.07, 6.45) is 0. The van der Waals surface area contributed by atoms with E-state index < -0.39 is 5.91 Å². The molecule has 1 heterocycles. The van der Waals surface area contributed by atoms with Gasteiger partial charge >= 0.3 is 0 Å². The molecule has 1 amide bonds. The molecule has 0 aliphatic carbocycles. The summed E-state index contributed by atoms with van der Waals surface area (Å²) in [5.41, 5.74) is 7.54. The summed E-state index contributed by atoms with van der Waals surface area (Å²) in [4.78, 5) is 11.8. The van der Waals surface area contributed by atoms with Gasteiger partial charge in [-0.1, -0.05) is 19.9 Å². The molecule has 0 spiro atoms. The minimum absolute atomic E-state index is 0.0162. The molecule has 0 atom stereocenters. The highest BCUT2D eigenvalue weighted by Gasteiger charge is 2.21. The highest BCUT2D eigenvalue weighted by molar-refractivity contribution is 5.90. The number of phenolic OH excluding ortho intramolecular Hbond substituents is 1. The van der Waals surface area contributed by atoms with Crippen LogP contribution in [0, 0.1) is 0 Å². The molecule has 0 radical (unpaired) electrons. The molecule has 3 N–H and O–H groups in total. The van der Waals surface area contributed by atoms with Gasteiger partial charge in [-0.05, 0) is 47.9 Å². The molecule has 0 unspecified atom stereocenters. The molecule has 0 fully saturated rings. The molecular weight excluding hydrogens is 332 g/mol. The normalized spacial score (nSPS) is 10.9. The summed E-state index contributed by atoms with van der Waals surface area (Å²) < 4.78 is 6.68. The van der Waals surface area contributed by atoms with E-state index in [0.29, 0.717) is 22.8 Å². The van der Waals surface area contributed by atoms with Crippen LogP contribution in [0.4, 0.5) is 0 Å². The van der Waals surface area contributed by atoms with Gasteiger partial charge in [0.1, 0.15) is 11.5 Å². The zero-order valence-electron chi connectivity index (χ0n) is 14.8. The molecule has 26 heavy (non-hydrogen) atoms. The Morgan fingerprint density at radius 3 is 2.38 bits per heavy atom. The minimum Gasteiger partial charge on any atom is -0.507 e. The Balaban J connectivity index is 2.18. The van der Waals surface area contributed by atoms with Gasteiger partial charge in [0.05, 0.1) is 12.7 Å². The van der Waals surface area contributed by atoms with E-state index in [9.17, 15) is 9.90 Å². The Morgan fingerprint density at radius 1 is 1.15 bits per heavy atom. The maximum atomic E-state index is 11.8. The molecule has 134 valence electrons. The first-order valence-corrected chi connectivity index (χ1v) is 8.15. The average molecular weight is 352 g/mol. The van der Waals surface area contributed by atoms with E-state index in [0.717, 1.165) is 5.56 Å². The maximum absolute atomic E-state index is 11.8. The second-order valence-electron chi connectivity index (χ2n) is 6.18. The molecule has 0 saturated carbocycles. The van der Waals surface area contributed by atoms with Gasteiger partial charge in [0.2, 0.25) is 5.82 Å². The molecule has 0 aliphatic rings. The lowest BCUT2D eigenvalue weighted by Gasteiger charge is -2.12. The Morgan fingerprint density at radius 2 is 1.85 bits per heavy atom. The molecular formula is C19H20N4O3. The fourth-order valence-corrected chi connectivity index (χ4v) is 2.69. The Bertz CT molecular complexity index is 946. The Hall–Kier alpha value is -3.35. The van der Waals surface area contributed by atoms with Crippen LogP contribution in [0.3, 0.4) is 0 Å². The fourth-order valence-electron chi connectivity index (χ4n) is 2.69. The summed E-state index contributed by atoms with van der Waals surface area (Å²) >= 11 is 0. The van der Waals surface area contributed by atoms with Crippen LogP contribution in [0.2, 0.25) is 0 Å². The second-order valence-corrected chi connectivity index (χ2v) is 6.18. The highest BCUT2D eigenvalue weighted by atomic mass is 16.5. The van der Waals surface area contributed by atoms with Crippen LogP contribution >= 0.6 is 0 Å². The minimum atomic E-state index is -0.710. The van der Waals surface area contributed by atoms with Crippen molar-refractivity contribution in [3.8, 4) is 28.6 Å². The first-order chi connectivity index (χ1) is 12.4. The quantitative estimate of drug-likeness (QED) is 0.735. The van der Waals surface area contributed by atoms with Gasteiger partial charge in [-0.3, -0.25) is 9.36 Å². The monoisotopic (exact) mass is 352 g/mol. The van der Waals surface area contributed by atoms with Crippen LogP contribution < -0.4 is 10.5 Å². The molecule has 0 aliphatic heterocycles. The van der Waals surface area contributed by atoms with Crippen LogP contribution in [-0.4, -0.2) is 32.9 Å². The van der Waals surface area contributed by atoms with Gasteiger partial charge in [0.25, 0.3) is 5.91 Å². The van der Waals surface area contributed by atoms with Crippen LogP contribution in [0.15, 0.2) is 42.5 Å². The number of methoxy groups -OCH3 is 1. The van der Waals surface area contributed by atoms with Crippen molar-refractivity contribution in [3.63, 3.8) is 0 Å². The van der Waals surface area contributed by atoms with E-state index in [2.05, 4.69) is 10.2 Å². The number of phenols is 1. The summed E-state index contributed by atoms with van der Waals surface area (Å²) in [5.74, 6) is 0.616. The number of benzene rings is 2. The SMILES string of the molecule is COc1ccc(-n2c(C(N)=O)nnc2-c2ccc(C(C)C)cc2O)cc1. The summed E-state index contributed by atoms with van der Waals surface area (Å²) in [6.45, 7) is 4.08. The third kappa shape index (κ3) is 3.11. The van der Waals surface area contributed by atoms with Crippen molar-refractivity contribution < 1.29 is 14.6 Å². The number of carbonyl (C=O) groups excluding carboxylic acids is 1. The van der Waals surface area contributed by atoms with E-state index in [1.807, 2.05) is 19.9 Å². The number of aromatic nitrogens is 3. The third-order valence-corrected chi connectivity index (χ3v) is 4.14. The summed E-state index contributed by atoms with van der Waals surface area (Å²) in [7, 11) is 1.57. The van der Waals surface area contributed by atoms with Gasteiger partial charge in [-0.25, -0.2) is 0 Å². The molecule has 2 aromatic carbocycles. The van der Waals surface area contributed by atoms with Gasteiger partial charge in [0, 0.05) is 5.69 Å². The lowest BCUT2D eigenvalue weighted by Crippen LogP contribution is -2.17. The predicted molar refractivity (Wildman–Crippen MR) is 97.6 cm³/mol. The van der Waals surface area contributed by atoms with Gasteiger partial charge in [0.15, 0.2) is 5.82 Å². The molecule has 1 aromatic heterocycles. The van der Waals surface area contributed by atoms with Crippen LogP contribution in [-0.2, 0) is 0 Å². The van der Waals surface area contributed by atoms with E-state index in [4.69, 9.17) is 10.5 Å². The van der Waals surface area contributed by atoms with Crippen molar-refractivity contribution in [2.75, 3.05) is 7.11 Å². The zero-order valence-corrected chi connectivity index (χ0v) is 14.8. The van der Waals surface area contributed by atoms with Crippen molar-refractivity contribution >= 4 is 5.91 Å². The van der Waals surface area contributed by atoms with Gasteiger partial charge in [-0.15, -0.1) is 10.2 Å². The Kier molecular flexibility index (Phi) is 4.62. The average Bonchev–Trinajstić information content (AvgIpc) is 3.06. The molecule has 3 aromatic rings. The molecule has 0 bridgehead atoms. The number of primary amides is 1. The number of nitrogens with zero attached hydrogens (tertiary/aromatic N) is 3. The number of amides is 1.